The molecule has 142 valence electrons. The van der Waals surface area contributed by atoms with Crippen LogP contribution in [0.3, 0.4) is 0 Å². The Kier molecular flexibility index (Phi) is 4.06. The van der Waals surface area contributed by atoms with Gasteiger partial charge in [0.25, 0.3) is 5.91 Å². The third-order valence-electron chi connectivity index (χ3n) is 4.84. The van der Waals surface area contributed by atoms with E-state index in [1.807, 2.05) is 43.3 Å². The molecule has 28 heavy (non-hydrogen) atoms. The fraction of sp³-hybridized carbons (Fsp3) is 0.316. The fourth-order valence-corrected chi connectivity index (χ4v) is 4.29. The first-order valence-corrected chi connectivity index (χ1v) is 9.86. The number of thiazole rings is 1. The molecule has 0 aromatic carbocycles. The molecular weight excluding hydrogens is 376 g/mol. The second kappa shape index (κ2) is 6.61. The number of rotatable bonds is 2. The Morgan fingerprint density at radius 1 is 1.32 bits per heavy atom. The minimum atomic E-state index is -0.0567. The van der Waals surface area contributed by atoms with Crippen LogP contribution in [0.4, 0.5) is 0 Å². The first kappa shape index (κ1) is 17.2. The summed E-state index contributed by atoms with van der Waals surface area (Å²) in [7, 11) is 1.87. The molecule has 0 radical (unpaired) electrons. The van der Waals surface area contributed by atoms with E-state index in [0.717, 1.165) is 27.0 Å². The number of nitrogens with zero attached hydrogens (tertiary/aromatic N) is 6. The normalized spacial score (nSPS) is 17.5. The lowest BCUT2D eigenvalue weighted by atomic mass is 10.1. The van der Waals surface area contributed by atoms with Crippen LogP contribution in [0.2, 0.25) is 0 Å². The maximum absolute atomic E-state index is 12.9. The number of fused-ring (bicyclic) bond motifs is 2. The van der Waals surface area contributed by atoms with Crippen molar-refractivity contribution in [2.75, 3.05) is 19.8 Å². The van der Waals surface area contributed by atoms with Gasteiger partial charge >= 0.3 is 0 Å². The van der Waals surface area contributed by atoms with E-state index in [9.17, 15) is 4.79 Å². The number of amides is 1. The zero-order chi connectivity index (χ0) is 19.3. The molecule has 1 unspecified atom stereocenters. The van der Waals surface area contributed by atoms with Gasteiger partial charge in [0.1, 0.15) is 10.3 Å². The smallest absolute Gasteiger partial charge is 0.283 e. The molecule has 1 fully saturated rings. The molecule has 5 heterocycles. The van der Waals surface area contributed by atoms with Crippen molar-refractivity contribution >= 4 is 38.6 Å². The van der Waals surface area contributed by atoms with Crippen LogP contribution >= 0.6 is 11.3 Å². The topological polar surface area (TPSA) is 86.0 Å². The molecule has 4 aromatic heterocycles. The fourth-order valence-electron chi connectivity index (χ4n) is 3.39. The van der Waals surface area contributed by atoms with Crippen molar-refractivity contribution < 1.29 is 9.53 Å². The Hall–Kier alpha value is -2.91. The molecule has 0 saturated carbocycles. The lowest BCUT2D eigenvalue weighted by Gasteiger charge is -2.32. The summed E-state index contributed by atoms with van der Waals surface area (Å²) < 4.78 is 7.16. The van der Waals surface area contributed by atoms with Gasteiger partial charge in [-0.25, -0.2) is 15.0 Å². The van der Waals surface area contributed by atoms with E-state index in [-0.39, 0.29) is 11.9 Å². The first-order chi connectivity index (χ1) is 13.6. The number of ether oxygens (including phenoxy) is 1. The summed E-state index contributed by atoms with van der Waals surface area (Å²) in [6.07, 6.45) is 3.70. The van der Waals surface area contributed by atoms with Crippen LogP contribution in [-0.2, 0) is 11.8 Å². The Morgan fingerprint density at radius 2 is 2.21 bits per heavy atom. The molecule has 4 aromatic rings. The molecule has 9 heteroatoms. The highest BCUT2D eigenvalue weighted by Gasteiger charge is 2.27. The molecule has 8 nitrogen and oxygen atoms in total. The highest BCUT2D eigenvalue weighted by molar-refractivity contribution is 7.19. The summed E-state index contributed by atoms with van der Waals surface area (Å²) in [4.78, 5) is 29.0. The summed E-state index contributed by atoms with van der Waals surface area (Å²) in [6.45, 7) is 3.70. The number of aryl methyl sites for hydroxylation is 1. The summed E-state index contributed by atoms with van der Waals surface area (Å²) in [5.74, 6) is -0.0567. The van der Waals surface area contributed by atoms with E-state index in [2.05, 4.69) is 15.1 Å². The second-order valence-electron chi connectivity index (χ2n) is 6.90. The number of hydrogen-bond acceptors (Lipinski definition) is 7. The molecule has 1 aliphatic heterocycles. The summed E-state index contributed by atoms with van der Waals surface area (Å²) >= 11 is 1.33. The Bertz CT molecular complexity index is 1200. The SMILES string of the molecule is CC1COCCN1C(=O)c1nc2ccc(-c3cnc4nn(C)cc4c3)nc2s1. The summed E-state index contributed by atoms with van der Waals surface area (Å²) in [5, 5.41) is 5.73. The van der Waals surface area contributed by atoms with Crippen LogP contribution in [0.1, 0.15) is 16.7 Å². The largest absolute Gasteiger partial charge is 0.377 e. The number of aromatic nitrogens is 5. The van der Waals surface area contributed by atoms with E-state index >= 15 is 0 Å². The van der Waals surface area contributed by atoms with Crippen molar-refractivity contribution in [2.24, 2.45) is 7.05 Å². The van der Waals surface area contributed by atoms with Gasteiger partial charge in [-0.1, -0.05) is 11.3 Å². The first-order valence-electron chi connectivity index (χ1n) is 9.04. The van der Waals surface area contributed by atoms with Gasteiger partial charge in [-0.2, -0.15) is 5.10 Å². The van der Waals surface area contributed by atoms with Crippen LogP contribution in [0.15, 0.2) is 30.6 Å². The van der Waals surface area contributed by atoms with Crippen molar-refractivity contribution in [2.45, 2.75) is 13.0 Å². The third-order valence-corrected chi connectivity index (χ3v) is 5.79. The number of hydrogen-bond donors (Lipinski definition) is 0. The highest BCUT2D eigenvalue weighted by Crippen LogP contribution is 2.27. The van der Waals surface area contributed by atoms with Gasteiger partial charge < -0.3 is 9.64 Å². The molecule has 0 N–H and O–H groups in total. The van der Waals surface area contributed by atoms with Gasteiger partial charge in [0.15, 0.2) is 10.7 Å². The summed E-state index contributed by atoms with van der Waals surface area (Å²) in [6, 6.07) is 5.88. The Balaban J connectivity index is 1.49. The number of morpholine rings is 1. The molecule has 0 aliphatic carbocycles. The van der Waals surface area contributed by atoms with E-state index in [1.54, 1.807) is 10.9 Å². The van der Waals surface area contributed by atoms with E-state index < -0.39 is 0 Å². The summed E-state index contributed by atoms with van der Waals surface area (Å²) in [5.41, 5.74) is 3.14. The maximum Gasteiger partial charge on any atom is 0.283 e. The molecule has 0 bridgehead atoms. The standard InChI is InChI=1S/C19H18N6O2S/c1-11-10-27-6-5-25(11)19(26)18-22-15-4-3-14(21-17(15)28-18)12-7-13-9-24(2)23-16(13)20-8-12/h3-4,7-9,11H,5-6,10H2,1-2H3. The predicted molar refractivity (Wildman–Crippen MR) is 106 cm³/mol. The Labute approximate surface area is 164 Å². The second-order valence-corrected chi connectivity index (χ2v) is 7.88. The quantitative estimate of drug-likeness (QED) is 0.519. The van der Waals surface area contributed by atoms with Crippen LogP contribution in [0.25, 0.3) is 32.6 Å². The van der Waals surface area contributed by atoms with Gasteiger partial charge in [-0.05, 0) is 25.1 Å². The number of carbonyl (C=O) groups excluding carboxylic acids is 1. The molecular formula is C19H18N6O2S. The minimum absolute atomic E-state index is 0.0501. The molecule has 1 saturated heterocycles. The van der Waals surface area contributed by atoms with E-state index in [1.165, 1.54) is 11.3 Å². The molecule has 1 aliphatic rings. The van der Waals surface area contributed by atoms with Gasteiger partial charge in [-0.15, -0.1) is 0 Å². The zero-order valence-electron chi connectivity index (χ0n) is 15.5. The van der Waals surface area contributed by atoms with Crippen molar-refractivity contribution in [3.05, 3.63) is 35.6 Å². The van der Waals surface area contributed by atoms with Crippen molar-refractivity contribution in [1.29, 1.82) is 0 Å². The molecule has 1 atom stereocenters. The van der Waals surface area contributed by atoms with E-state index in [0.29, 0.717) is 30.4 Å². The van der Waals surface area contributed by atoms with Crippen LogP contribution in [0, 0.1) is 0 Å². The van der Waals surface area contributed by atoms with Crippen molar-refractivity contribution in [3.8, 4) is 11.3 Å². The predicted octanol–water partition coefficient (Wildman–Crippen LogP) is 2.50. The van der Waals surface area contributed by atoms with Crippen LogP contribution < -0.4 is 0 Å². The maximum atomic E-state index is 12.9. The van der Waals surface area contributed by atoms with Gasteiger partial charge in [0.05, 0.1) is 24.9 Å². The van der Waals surface area contributed by atoms with Crippen LogP contribution in [-0.4, -0.2) is 61.3 Å². The van der Waals surface area contributed by atoms with E-state index in [4.69, 9.17) is 9.72 Å². The average Bonchev–Trinajstić information content (AvgIpc) is 3.28. The van der Waals surface area contributed by atoms with Gasteiger partial charge in [-0.3, -0.25) is 9.48 Å². The third kappa shape index (κ3) is 2.92. The molecule has 0 spiro atoms. The monoisotopic (exact) mass is 394 g/mol. The average molecular weight is 394 g/mol. The van der Waals surface area contributed by atoms with Gasteiger partial charge in [0.2, 0.25) is 0 Å². The van der Waals surface area contributed by atoms with Crippen molar-refractivity contribution in [1.82, 2.24) is 29.6 Å². The molecule has 5 rings (SSSR count). The number of pyridine rings is 2. The molecule has 1 amide bonds. The Morgan fingerprint density at radius 3 is 3.07 bits per heavy atom. The minimum Gasteiger partial charge on any atom is -0.377 e. The van der Waals surface area contributed by atoms with Crippen LogP contribution in [0.5, 0.6) is 0 Å². The highest BCUT2D eigenvalue weighted by atomic mass is 32.1. The van der Waals surface area contributed by atoms with Crippen molar-refractivity contribution in [3.63, 3.8) is 0 Å². The zero-order valence-corrected chi connectivity index (χ0v) is 16.3. The number of carbonyl (C=O) groups is 1. The lowest BCUT2D eigenvalue weighted by Crippen LogP contribution is -2.47. The van der Waals surface area contributed by atoms with Gasteiger partial charge in [0, 0.05) is 36.9 Å². The lowest BCUT2D eigenvalue weighted by molar-refractivity contribution is 0.00359.